The van der Waals surface area contributed by atoms with Crippen molar-refractivity contribution in [3.63, 3.8) is 0 Å². The van der Waals surface area contributed by atoms with Crippen LogP contribution in [0.2, 0.25) is 0 Å². The number of nitro benzene ring substituents is 1. The molecule has 0 bridgehead atoms. The number of benzene rings is 1. The number of carbonyl (C=O) groups excluding carboxylic acids is 1. The van der Waals surface area contributed by atoms with Crippen LogP contribution in [0.1, 0.15) is 16.1 Å². The van der Waals surface area contributed by atoms with Crippen LogP contribution in [0.5, 0.6) is 5.75 Å². The van der Waals surface area contributed by atoms with Crippen LogP contribution in [0.4, 0.5) is 11.5 Å². The number of pyridine rings is 2. The molecule has 0 spiro atoms. The highest BCUT2D eigenvalue weighted by Crippen LogP contribution is 2.23. The lowest BCUT2D eigenvalue weighted by atomic mass is 10.3. The quantitative estimate of drug-likeness (QED) is 0.361. The minimum Gasteiger partial charge on any atom is -0.485 e. The first-order valence-electron chi connectivity index (χ1n) is 9.19. The molecule has 0 saturated heterocycles. The number of nitrogens with zero attached hydrogens (tertiary/aromatic N) is 5. The second-order valence-electron chi connectivity index (χ2n) is 6.37. The van der Waals surface area contributed by atoms with E-state index in [-0.39, 0.29) is 17.2 Å². The summed E-state index contributed by atoms with van der Waals surface area (Å²) in [5.74, 6) is 0.224. The van der Waals surface area contributed by atoms with Gasteiger partial charge in [0.05, 0.1) is 10.6 Å². The predicted octanol–water partition coefficient (Wildman–Crippen LogP) is 3.40. The fourth-order valence-corrected chi connectivity index (χ4v) is 2.73. The first-order chi connectivity index (χ1) is 15.1. The van der Waals surface area contributed by atoms with Crippen molar-refractivity contribution in [2.75, 3.05) is 5.32 Å². The van der Waals surface area contributed by atoms with E-state index in [1.54, 1.807) is 49.1 Å². The van der Waals surface area contributed by atoms with Gasteiger partial charge in [-0.15, -0.1) is 0 Å². The van der Waals surface area contributed by atoms with Crippen molar-refractivity contribution in [3.05, 3.63) is 101 Å². The molecule has 31 heavy (non-hydrogen) atoms. The van der Waals surface area contributed by atoms with E-state index >= 15 is 0 Å². The van der Waals surface area contributed by atoms with Gasteiger partial charge >= 0.3 is 0 Å². The van der Waals surface area contributed by atoms with Gasteiger partial charge in [0.25, 0.3) is 11.6 Å². The van der Waals surface area contributed by atoms with Crippen molar-refractivity contribution in [2.24, 2.45) is 0 Å². The van der Waals surface area contributed by atoms with E-state index in [1.807, 2.05) is 12.1 Å². The first-order valence-corrected chi connectivity index (χ1v) is 9.19. The van der Waals surface area contributed by atoms with E-state index in [2.05, 4.69) is 20.4 Å². The molecule has 154 valence electrons. The molecule has 0 aliphatic heterocycles. The summed E-state index contributed by atoms with van der Waals surface area (Å²) in [4.78, 5) is 31.1. The molecule has 3 aromatic heterocycles. The number of carbonyl (C=O) groups is 1. The fourth-order valence-electron chi connectivity index (χ4n) is 2.73. The lowest BCUT2D eigenvalue weighted by Gasteiger charge is -2.11. The number of ether oxygens (including phenoxy) is 1. The zero-order valence-corrected chi connectivity index (χ0v) is 16.1. The number of rotatable bonds is 7. The predicted molar refractivity (Wildman–Crippen MR) is 111 cm³/mol. The molecule has 10 heteroatoms. The van der Waals surface area contributed by atoms with Crippen LogP contribution < -0.4 is 10.1 Å². The largest absolute Gasteiger partial charge is 0.485 e. The third kappa shape index (κ3) is 4.70. The summed E-state index contributed by atoms with van der Waals surface area (Å²) in [6.07, 6.45) is 6.48. The van der Waals surface area contributed by atoms with E-state index < -0.39 is 10.8 Å². The molecule has 0 aliphatic carbocycles. The molecule has 0 saturated carbocycles. The van der Waals surface area contributed by atoms with Crippen LogP contribution in [0.15, 0.2) is 79.4 Å². The summed E-state index contributed by atoms with van der Waals surface area (Å²) in [6.45, 7) is 0.297. The van der Waals surface area contributed by atoms with Crippen LogP contribution in [-0.4, -0.2) is 30.6 Å². The summed E-state index contributed by atoms with van der Waals surface area (Å²) in [5, 5.41) is 17.7. The van der Waals surface area contributed by atoms with E-state index in [9.17, 15) is 14.9 Å². The minimum absolute atomic E-state index is 0.0247. The van der Waals surface area contributed by atoms with E-state index in [0.29, 0.717) is 18.0 Å². The van der Waals surface area contributed by atoms with Crippen molar-refractivity contribution < 1.29 is 14.5 Å². The Balaban J connectivity index is 1.46. The Morgan fingerprint density at radius 3 is 2.58 bits per heavy atom. The van der Waals surface area contributed by atoms with E-state index in [0.717, 1.165) is 5.56 Å². The zero-order valence-electron chi connectivity index (χ0n) is 16.1. The van der Waals surface area contributed by atoms with Gasteiger partial charge < -0.3 is 10.1 Å². The van der Waals surface area contributed by atoms with Gasteiger partial charge in [-0.1, -0.05) is 0 Å². The SMILES string of the molecule is O=C(Nc1ncccc1OCc1ccncc1)c1ccn(-c2ccc([N+](=O)[O-])cc2)n1. The maximum atomic E-state index is 12.6. The van der Waals surface area contributed by atoms with Gasteiger partial charge in [0, 0.05) is 36.9 Å². The summed E-state index contributed by atoms with van der Waals surface area (Å²) in [5.41, 5.74) is 1.65. The number of nitrogens with one attached hydrogen (secondary N) is 1. The highest BCUT2D eigenvalue weighted by molar-refractivity contribution is 6.03. The van der Waals surface area contributed by atoms with E-state index in [1.165, 1.54) is 22.9 Å². The molecule has 0 aliphatic rings. The van der Waals surface area contributed by atoms with Crippen molar-refractivity contribution in [1.82, 2.24) is 19.7 Å². The molecule has 0 radical (unpaired) electrons. The molecule has 1 aromatic carbocycles. The molecular formula is C21H16N6O4. The molecule has 0 atom stereocenters. The number of non-ortho nitro benzene ring substituents is 1. The summed E-state index contributed by atoms with van der Waals surface area (Å²) >= 11 is 0. The smallest absolute Gasteiger partial charge is 0.277 e. The molecule has 0 fully saturated rings. The average molecular weight is 416 g/mol. The van der Waals surface area contributed by atoms with Crippen molar-refractivity contribution in [3.8, 4) is 11.4 Å². The van der Waals surface area contributed by atoms with Crippen molar-refractivity contribution >= 4 is 17.4 Å². The Morgan fingerprint density at radius 2 is 1.84 bits per heavy atom. The fraction of sp³-hybridized carbons (Fsp3) is 0.0476. The van der Waals surface area contributed by atoms with Gasteiger partial charge in [-0.2, -0.15) is 5.10 Å². The van der Waals surface area contributed by atoms with Crippen LogP contribution in [0, 0.1) is 10.1 Å². The molecule has 1 N–H and O–H groups in total. The van der Waals surface area contributed by atoms with Crippen LogP contribution >= 0.6 is 0 Å². The van der Waals surface area contributed by atoms with Gasteiger partial charge in [-0.25, -0.2) is 9.67 Å². The molecular weight excluding hydrogens is 400 g/mol. The number of nitro groups is 1. The Labute approximate surface area is 176 Å². The lowest BCUT2D eigenvalue weighted by Crippen LogP contribution is -2.15. The Hall–Kier alpha value is -4.60. The van der Waals surface area contributed by atoms with Gasteiger partial charge in [0.15, 0.2) is 17.3 Å². The van der Waals surface area contributed by atoms with Crippen LogP contribution in [-0.2, 0) is 6.61 Å². The van der Waals surface area contributed by atoms with E-state index in [4.69, 9.17) is 4.74 Å². The highest BCUT2D eigenvalue weighted by Gasteiger charge is 2.15. The van der Waals surface area contributed by atoms with Gasteiger partial charge in [-0.05, 0) is 48.0 Å². The Morgan fingerprint density at radius 1 is 1.06 bits per heavy atom. The van der Waals surface area contributed by atoms with Gasteiger partial charge in [-0.3, -0.25) is 19.9 Å². The molecule has 1 amide bonds. The first kappa shape index (κ1) is 19.7. The number of hydrogen-bond acceptors (Lipinski definition) is 7. The molecule has 4 aromatic rings. The summed E-state index contributed by atoms with van der Waals surface area (Å²) in [7, 11) is 0. The summed E-state index contributed by atoms with van der Waals surface area (Å²) in [6, 6.07) is 14.5. The third-order valence-electron chi connectivity index (χ3n) is 4.29. The zero-order chi connectivity index (χ0) is 21.6. The normalized spacial score (nSPS) is 10.5. The standard InChI is InChI=1S/C21H16N6O4/c28-21(18-9-13-26(25-18)16-3-5-17(6-4-16)27(29)30)24-20-19(2-1-10-23-20)31-14-15-7-11-22-12-8-15/h1-13H,14H2,(H,23,24,28). The average Bonchev–Trinajstić information content (AvgIpc) is 3.30. The maximum Gasteiger partial charge on any atom is 0.277 e. The number of amides is 1. The molecule has 10 nitrogen and oxygen atoms in total. The van der Waals surface area contributed by atoms with Crippen molar-refractivity contribution in [1.29, 1.82) is 0 Å². The summed E-state index contributed by atoms with van der Waals surface area (Å²) < 4.78 is 7.24. The maximum absolute atomic E-state index is 12.6. The molecule has 0 unspecified atom stereocenters. The Kier molecular flexibility index (Phi) is 5.61. The highest BCUT2D eigenvalue weighted by atomic mass is 16.6. The molecule has 3 heterocycles. The lowest BCUT2D eigenvalue weighted by molar-refractivity contribution is -0.384. The van der Waals surface area contributed by atoms with Crippen molar-refractivity contribution in [2.45, 2.75) is 6.61 Å². The van der Waals surface area contributed by atoms with Gasteiger partial charge in [0.1, 0.15) is 6.61 Å². The Bertz CT molecular complexity index is 1210. The topological polar surface area (TPSA) is 125 Å². The monoisotopic (exact) mass is 416 g/mol. The van der Waals surface area contributed by atoms with Crippen LogP contribution in [0.3, 0.4) is 0 Å². The second-order valence-corrected chi connectivity index (χ2v) is 6.37. The minimum atomic E-state index is -0.479. The third-order valence-corrected chi connectivity index (χ3v) is 4.29. The van der Waals surface area contributed by atoms with Gasteiger partial charge in [0.2, 0.25) is 0 Å². The number of aromatic nitrogens is 4. The molecule has 4 rings (SSSR count). The number of anilines is 1. The number of hydrogen-bond donors (Lipinski definition) is 1. The second kappa shape index (κ2) is 8.82. The van der Waals surface area contributed by atoms with Crippen LogP contribution in [0.25, 0.3) is 5.69 Å².